The van der Waals surface area contributed by atoms with Gasteiger partial charge >= 0.3 is 0 Å². The zero-order valence-corrected chi connectivity index (χ0v) is 12.8. The first-order valence-electron chi connectivity index (χ1n) is 6.49. The Kier molecular flexibility index (Phi) is 5.86. The Bertz CT molecular complexity index is 518. The van der Waals surface area contributed by atoms with E-state index in [4.69, 9.17) is 16.3 Å². The van der Waals surface area contributed by atoms with E-state index >= 15 is 0 Å². The molecular formula is C15H18ClNO2S. The molecule has 0 radical (unpaired) electrons. The number of ether oxygens (including phenoxy) is 1. The highest BCUT2D eigenvalue weighted by Gasteiger charge is 2.10. The van der Waals surface area contributed by atoms with Crippen LogP contribution in [0.4, 0.5) is 0 Å². The second kappa shape index (κ2) is 7.64. The van der Waals surface area contributed by atoms with Gasteiger partial charge in [0.05, 0.1) is 5.02 Å². The van der Waals surface area contributed by atoms with Crippen molar-refractivity contribution >= 4 is 22.9 Å². The van der Waals surface area contributed by atoms with E-state index in [9.17, 15) is 5.11 Å². The predicted molar refractivity (Wildman–Crippen MR) is 83.7 cm³/mol. The van der Waals surface area contributed by atoms with Crippen LogP contribution in [0.2, 0.25) is 5.02 Å². The Balaban J connectivity index is 1.73. The Labute approximate surface area is 128 Å². The summed E-state index contributed by atoms with van der Waals surface area (Å²) in [5, 5.41) is 15.8. The van der Waals surface area contributed by atoms with Gasteiger partial charge in [0.15, 0.2) is 0 Å². The third-order valence-corrected chi connectivity index (χ3v) is 4.26. The number of halogens is 1. The first-order valence-corrected chi connectivity index (χ1v) is 7.74. The SMILES string of the molecule is C[C@H](NCC(O)COc1ccccc1Cl)c1cccs1. The molecule has 0 spiro atoms. The lowest BCUT2D eigenvalue weighted by Gasteiger charge is -2.17. The number of benzene rings is 1. The molecule has 0 fully saturated rings. The minimum atomic E-state index is -0.575. The second-order valence-electron chi connectivity index (χ2n) is 4.54. The minimum Gasteiger partial charge on any atom is -0.489 e. The van der Waals surface area contributed by atoms with Crippen molar-refractivity contribution in [3.8, 4) is 5.75 Å². The molecule has 0 aliphatic rings. The molecule has 0 amide bonds. The number of hydrogen-bond acceptors (Lipinski definition) is 4. The fraction of sp³-hybridized carbons (Fsp3) is 0.333. The van der Waals surface area contributed by atoms with Crippen LogP contribution >= 0.6 is 22.9 Å². The fourth-order valence-corrected chi connectivity index (χ4v) is 2.71. The van der Waals surface area contributed by atoms with Gasteiger partial charge in [-0.25, -0.2) is 0 Å². The third-order valence-electron chi connectivity index (χ3n) is 2.90. The molecule has 0 aliphatic heterocycles. The molecule has 2 atom stereocenters. The number of rotatable bonds is 7. The molecule has 2 rings (SSSR count). The zero-order valence-electron chi connectivity index (χ0n) is 11.3. The van der Waals surface area contributed by atoms with Crippen molar-refractivity contribution in [1.82, 2.24) is 5.32 Å². The lowest BCUT2D eigenvalue weighted by molar-refractivity contribution is 0.104. The minimum absolute atomic E-state index is 0.216. The summed E-state index contributed by atoms with van der Waals surface area (Å²) in [6, 6.07) is 11.6. The Morgan fingerprint density at radius 2 is 2.10 bits per heavy atom. The van der Waals surface area contributed by atoms with E-state index < -0.39 is 6.10 Å². The van der Waals surface area contributed by atoms with Crippen molar-refractivity contribution in [2.45, 2.75) is 19.1 Å². The Morgan fingerprint density at radius 3 is 2.80 bits per heavy atom. The van der Waals surface area contributed by atoms with Crippen LogP contribution in [0.3, 0.4) is 0 Å². The van der Waals surface area contributed by atoms with Crippen LogP contribution in [-0.4, -0.2) is 24.4 Å². The van der Waals surface area contributed by atoms with Gasteiger partial charge in [0.1, 0.15) is 18.5 Å². The molecule has 108 valence electrons. The quantitative estimate of drug-likeness (QED) is 0.822. The Hall–Kier alpha value is -1.07. The lowest BCUT2D eigenvalue weighted by Crippen LogP contribution is -2.32. The van der Waals surface area contributed by atoms with Gasteiger partial charge in [-0.05, 0) is 30.5 Å². The van der Waals surface area contributed by atoms with E-state index in [1.54, 1.807) is 23.5 Å². The van der Waals surface area contributed by atoms with Gasteiger partial charge in [0, 0.05) is 17.5 Å². The summed E-state index contributed by atoms with van der Waals surface area (Å²) in [5.74, 6) is 0.597. The average molecular weight is 312 g/mol. The average Bonchev–Trinajstić information content (AvgIpc) is 2.98. The van der Waals surface area contributed by atoms with E-state index in [-0.39, 0.29) is 12.6 Å². The number of nitrogens with one attached hydrogen (secondary N) is 1. The fourth-order valence-electron chi connectivity index (χ4n) is 1.76. The summed E-state index contributed by atoms with van der Waals surface area (Å²) in [6.07, 6.45) is -0.575. The third kappa shape index (κ3) is 4.49. The van der Waals surface area contributed by atoms with E-state index in [0.29, 0.717) is 17.3 Å². The summed E-state index contributed by atoms with van der Waals surface area (Å²) < 4.78 is 5.50. The first-order chi connectivity index (χ1) is 9.66. The van der Waals surface area contributed by atoms with Crippen molar-refractivity contribution < 1.29 is 9.84 Å². The second-order valence-corrected chi connectivity index (χ2v) is 5.93. The standard InChI is InChI=1S/C15H18ClNO2S/c1-11(15-7-4-8-20-15)17-9-12(18)10-19-14-6-3-2-5-13(14)16/h2-8,11-12,17-18H,9-10H2,1H3/t11-,12?/m0/s1. The van der Waals surface area contributed by atoms with Crippen molar-refractivity contribution in [3.63, 3.8) is 0 Å². The zero-order chi connectivity index (χ0) is 14.4. The van der Waals surface area contributed by atoms with E-state index in [1.165, 1.54) is 4.88 Å². The molecule has 0 aliphatic carbocycles. The van der Waals surface area contributed by atoms with E-state index in [0.717, 1.165) is 0 Å². The first kappa shape index (κ1) is 15.3. The molecule has 0 bridgehead atoms. The number of aliphatic hydroxyl groups is 1. The van der Waals surface area contributed by atoms with Crippen molar-refractivity contribution in [1.29, 1.82) is 0 Å². The summed E-state index contributed by atoms with van der Waals surface area (Å²) in [5.41, 5.74) is 0. The molecule has 5 heteroatoms. The van der Waals surface area contributed by atoms with Gasteiger partial charge in [0.2, 0.25) is 0 Å². The smallest absolute Gasteiger partial charge is 0.138 e. The summed E-state index contributed by atoms with van der Waals surface area (Å²) in [4.78, 5) is 1.25. The van der Waals surface area contributed by atoms with Crippen LogP contribution < -0.4 is 10.1 Å². The van der Waals surface area contributed by atoms with Gasteiger partial charge in [-0.3, -0.25) is 0 Å². The summed E-state index contributed by atoms with van der Waals surface area (Å²) in [6.45, 7) is 2.77. The molecule has 1 unspecified atom stereocenters. The van der Waals surface area contributed by atoms with Crippen molar-refractivity contribution in [2.75, 3.05) is 13.2 Å². The van der Waals surface area contributed by atoms with E-state index in [1.807, 2.05) is 23.6 Å². The van der Waals surface area contributed by atoms with Gasteiger partial charge in [0.25, 0.3) is 0 Å². The Morgan fingerprint density at radius 1 is 1.30 bits per heavy atom. The van der Waals surface area contributed by atoms with Crippen LogP contribution in [0.5, 0.6) is 5.75 Å². The van der Waals surface area contributed by atoms with Crippen LogP contribution in [0.15, 0.2) is 41.8 Å². The maximum atomic E-state index is 9.92. The van der Waals surface area contributed by atoms with Crippen molar-refractivity contribution in [2.24, 2.45) is 0 Å². The largest absolute Gasteiger partial charge is 0.489 e. The highest BCUT2D eigenvalue weighted by atomic mass is 35.5. The highest BCUT2D eigenvalue weighted by molar-refractivity contribution is 7.10. The summed E-state index contributed by atoms with van der Waals surface area (Å²) in [7, 11) is 0. The predicted octanol–water partition coefficient (Wildman–Crippen LogP) is 3.49. The molecule has 20 heavy (non-hydrogen) atoms. The van der Waals surface area contributed by atoms with E-state index in [2.05, 4.69) is 18.3 Å². The lowest BCUT2D eigenvalue weighted by atomic mass is 10.2. The van der Waals surface area contributed by atoms with Crippen LogP contribution in [0.1, 0.15) is 17.8 Å². The molecule has 3 nitrogen and oxygen atoms in total. The van der Waals surface area contributed by atoms with Gasteiger partial charge < -0.3 is 15.2 Å². The molecule has 2 aromatic rings. The number of para-hydroxylation sites is 1. The van der Waals surface area contributed by atoms with Gasteiger partial charge in [-0.2, -0.15) is 0 Å². The molecular weight excluding hydrogens is 294 g/mol. The number of hydrogen-bond donors (Lipinski definition) is 2. The maximum absolute atomic E-state index is 9.92. The van der Waals surface area contributed by atoms with Crippen LogP contribution in [0.25, 0.3) is 0 Å². The molecule has 0 saturated heterocycles. The highest BCUT2D eigenvalue weighted by Crippen LogP contribution is 2.23. The van der Waals surface area contributed by atoms with Crippen molar-refractivity contribution in [3.05, 3.63) is 51.7 Å². The van der Waals surface area contributed by atoms with Gasteiger partial charge in [-0.15, -0.1) is 11.3 Å². The summed E-state index contributed by atoms with van der Waals surface area (Å²) >= 11 is 7.68. The van der Waals surface area contributed by atoms with Crippen LogP contribution in [0, 0.1) is 0 Å². The monoisotopic (exact) mass is 311 g/mol. The van der Waals surface area contributed by atoms with Gasteiger partial charge in [-0.1, -0.05) is 29.8 Å². The molecule has 2 N–H and O–H groups in total. The maximum Gasteiger partial charge on any atom is 0.138 e. The number of aliphatic hydroxyl groups excluding tert-OH is 1. The molecule has 0 saturated carbocycles. The molecule has 1 heterocycles. The molecule has 1 aromatic carbocycles. The topological polar surface area (TPSA) is 41.5 Å². The molecule has 1 aromatic heterocycles. The number of thiophene rings is 1. The normalized spacial score (nSPS) is 13.9. The van der Waals surface area contributed by atoms with Crippen LogP contribution in [-0.2, 0) is 0 Å².